The van der Waals surface area contributed by atoms with Crippen LogP contribution in [0.25, 0.3) is 0 Å². The van der Waals surface area contributed by atoms with Crippen LogP contribution < -0.4 is 0 Å². The fourth-order valence-corrected chi connectivity index (χ4v) is 2.92. The van der Waals surface area contributed by atoms with Crippen molar-refractivity contribution < 1.29 is 14.3 Å². The Morgan fingerprint density at radius 1 is 1.40 bits per heavy atom. The van der Waals surface area contributed by atoms with Gasteiger partial charge in [0.2, 0.25) is 0 Å². The number of carbonyl (C=O) groups is 1. The molecule has 1 aromatic rings. The van der Waals surface area contributed by atoms with Gasteiger partial charge in [-0.1, -0.05) is 19.4 Å². The highest BCUT2D eigenvalue weighted by Crippen LogP contribution is 2.22. The SMILES string of the molecule is CCC1CCCN(Cc2ccc(F)cc2C(=O)O)CC1. The second-order valence-electron chi connectivity index (χ2n) is 5.59. The largest absolute Gasteiger partial charge is 0.478 e. The Kier molecular flexibility index (Phi) is 5.12. The third kappa shape index (κ3) is 3.79. The summed E-state index contributed by atoms with van der Waals surface area (Å²) in [5.41, 5.74) is 0.787. The van der Waals surface area contributed by atoms with Gasteiger partial charge in [0.1, 0.15) is 5.82 Å². The number of benzene rings is 1. The lowest BCUT2D eigenvalue weighted by Crippen LogP contribution is -2.25. The van der Waals surface area contributed by atoms with Gasteiger partial charge in [-0.3, -0.25) is 4.90 Å². The molecule has 0 spiro atoms. The molecule has 0 amide bonds. The summed E-state index contributed by atoms with van der Waals surface area (Å²) >= 11 is 0. The number of carboxylic acids is 1. The lowest BCUT2D eigenvalue weighted by atomic mass is 9.98. The molecule has 3 nitrogen and oxygen atoms in total. The molecule has 1 aliphatic heterocycles. The van der Waals surface area contributed by atoms with Gasteiger partial charge in [-0.25, -0.2) is 9.18 Å². The number of carboxylic acid groups (broad SMARTS) is 1. The van der Waals surface area contributed by atoms with Crippen LogP contribution >= 0.6 is 0 Å². The Morgan fingerprint density at radius 3 is 2.90 bits per heavy atom. The summed E-state index contributed by atoms with van der Waals surface area (Å²) in [6.45, 7) is 4.81. The molecule has 1 fully saturated rings. The van der Waals surface area contributed by atoms with Crippen LogP contribution in [-0.2, 0) is 6.54 Å². The Balaban J connectivity index is 2.08. The quantitative estimate of drug-likeness (QED) is 0.916. The summed E-state index contributed by atoms with van der Waals surface area (Å²) in [7, 11) is 0. The number of aromatic carboxylic acids is 1. The highest BCUT2D eigenvalue weighted by Gasteiger charge is 2.18. The van der Waals surface area contributed by atoms with E-state index in [9.17, 15) is 14.3 Å². The second kappa shape index (κ2) is 6.84. The number of rotatable bonds is 4. The maximum atomic E-state index is 13.2. The molecule has 20 heavy (non-hydrogen) atoms. The van der Waals surface area contributed by atoms with Crippen molar-refractivity contribution in [3.63, 3.8) is 0 Å². The first-order valence-corrected chi connectivity index (χ1v) is 7.34. The van der Waals surface area contributed by atoms with E-state index in [0.717, 1.165) is 31.5 Å². The van der Waals surface area contributed by atoms with E-state index in [1.807, 2.05) is 0 Å². The number of hydrogen-bond acceptors (Lipinski definition) is 2. The molecule has 1 atom stereocenters. The number of hydrogen-bond donors (Lipinski definition) is 1. The van der Waals surface area contributed by atoms with Crippen LogP contribution in [-0.4, -0.2) is 29.1 Å². The minimum Gasteiger partial charge on any atom is -0.478 e. The molecule has 0 radical (unpaired) electrons. The first kappa shape index (κ1) is 15.0. The van der Waals surface area contributed by atoms with Crippen LogP contribution in [0, 0.1) is 11.7 Å². The zero-order chi connectivity index (χ0) is 14.5. The zero-order valence-corrected chi connectivity index (χ0v) is 11.9. The normalized spacial score (nSPS) is 20.6. The van der Waals surface area contributed by atoms with Crippen molar-refractivity contribution in [1.29, 1.82) is 0 Å². The maximum absolute atomic E-state index is 13.2. The topological polar surface area (TPSA) is 40.5 Å². The summed E-state index contributed by atoms with van der Waals surface area (Å²) in [6, 6.07) is 4.06. The highest BCUT2D eigenvalue weighted by molar-refractivity contribution is 5.89. The Hall–Kier alpha value is -1.42. The zero-order valence-electron chi connectivity index (χ0n) is 11.9. The van der Waals surface area contributed by atoms with Crippen LogP contribution in [0.5, 0.6) is 0 Å². The van der Waals surface area contributed by atoms with E-state index in [1.54, 1.807) is 6.07 Å². The van der Waals surface area contributed by atoms with E-state index in [4.69, 9.17) is 0 Å². The molecule has 1 heterocycles. The lowest BCUT2D eigenvalue weighted by molar-refractivity contribution is 0.0694. The monoisotopic (exact) mass is 279 g/mol. The summed E-state index contributed by atoms with van der Waals surface area (Å²) in [5, 5.41) is 9.17. The summed E-state index contributed by atoms with van der Waals surface area (Å²) in [6.07, 6.45) is 4.79. The van der Waals surface area contributed by atoms with Crippen molar-refractivity contribution in [3.8, 4) is 0 Å². The molecule has 4 heteroatoms. The Morgan fingerprint density at radius 2 is 2.20 bits per heavy atom. The Bertz CT molecular complexity index is 476. The molecule has 0 aromatic heterocycles. The number of halogens is 1. The standard InChI is InChI=1S/C16H22FNO2/c1-2-12-4-3-8-18(9-7-12)11-13-5-6-14(17)10-15(13)16(19)20/h5-6,10,12H,2-4,7-9,11H2,1H3,(H,19,20). The molecular weight excluding hydrogens is 257 g/mol. The van der Waals surface area contributed by atoms with Gasteiger partial charge in [-0.05, 0) is 56.0 Å². The average molecular weight is 279 g/mol. The van der Waals surface area contributed by atoms with E-state index in [0.29, 0.717) is 12.1 Å². The summed E-state index contributed by atoms with van der Waals surface area (Å²) in [5.74, 6) is -0.763. The predicted octanol–water partition coefficient (Wildman–Crippen LogP) is 3.54. The molecule has 110 valence electrons. The molecule has 1 aromatic carbocycles. The molecule has 0 saturated carbocycles. The average Bonchev–Trinajstić information content (AvgIpc) is 2.65. The molecular formula is C16H22FNO2. The summed E-state index contributed by atoms with van der Waals surface area (Å²) in [4.78, 5) is 13.5. The van der Waals surface area contributed by atoms with Gasteiger partial charge in [-0.2, -0.15) is 0 Å². The van der Waals surface area contributed by atoms with Crippen LogP contribution in [0.15, 0.2) is 18.2 Å². The van der Waals surface area contributed by atoms with Crippen molar-refractivity contribution in [2.24, 2.45) is 5.92 Å². The van der Waals surface area contributed by atoms with Crippen molar-refractivity contribution in [2.75, 3.05) is 13.1 Å². The molecule has 1 saturated heterocycles. The fraction of sp³-hybridized carbons (Fsp3) is 0.562. The van der Waals surface area contributed by atoms with Crippen LogP contribution in [0.4, 0.5) is 4.39 Å². The summed E-state index contributed by atoms with van der Waals surface area (Å²) < 4.78 is 13.2. The van der Waals surface area contributed by atoms with E-state index in [-0.39, 0.29) is 5.56 Å². The van der Waals surface area contributed by atoms with Crippen molar-refractivity contribution in [1.82, 2.24) is 4.90 Å². The van der Waals surface area contributed by atoms with Gasteiger partial charge in [0.05, 0.1) is 5.56 Å². The molecule has 1 unspecified atom stereocenters. The van der Waals surface area contributed by atoms with Gasteiger partial charge in [0, 0.05) is 6.54 Å². The predicted molar refractivity (Wildman–Crippen MR) is 76.3 cm³/mol. The van der Waals surface area contributed by atoms with Gasteiger partial charge in [-0.15, -0.1) is 0 Å². The lowest BCUT2D eigenvalue weighted by Gasteiger charge is -2.21. The van der Waals surface area contributed by atoms with E-state index in [1.165, 1.54) is 25.3 Å². The van der Waals surface area contributed by atoms with E-state index >= 15 is 0 Å². The van der Waals surface area contributed by atoms with Crippen LogP contribution in [0.2, 0.25) is 0 Å². The van der Waals surface area contributed by atoms with Crippen LogP contribution in [0.1, 0.15) is 48.5 Å². The van der Waals surface area contributed by atoms with E-state index in [2.05, 4.69) is 11.8 Å². The van der Waals surface area contributed by atoms with Crippen molar-refractivity contribution in [2.45, 2.75) is 39.2 Å². The molecule has 0 bridgehead atoms. The van der Waals surface area contributed by atoms with E-state index < -0.39 is 11.8 Å². The Labute approximate surface area is 119 Å². The smallest absolute Gasteiger partial charge is 0.336 e. The molecule has 0 aliphatic carbocycles. The van der Waals surface area contributed by atoms with Crippen molar-refractivity contribution >= 4 is 5.97 Å². The van der Waals surface area contributed by atoms with Gasteiger partial charge in [0.15, 0.2) is 0 Å². The molecule has 1 N–H and O–H groups in total. The number of nitrogens with zero attached hydrogens (tertiary/aromatic N) is 1. The highest BCUT2D eigenvalue weighted by atomic mass is 19.1. The maximum Gasteiger partial charge on any atom is 0.336 e. The van der Waals surface area contributed by atoms with Gasteiger partial charge < -0.3 is 5.11 Å². The third-order valence-corrected chi connectivity index (χ3v) is 4.21. The molecule has 1 aliphatic rings. The first-order chi connectivity index (χ1) is 9.60. The minimum atomic E-state index is -1.05. The number of likely N-dealkylation sites (tertiary alicyclic amines) is 1. The minimum absolute atomic E-state index is 0.0845. The first-order valence-electron chi connectivity index (χ1n) is 7.34. The van der Waals surface area contributed by atoms with Crippen molar-refractivity contribution in [3.05, 3.63) is 35.1 Å². The molecule has 2 rings (SSSR count). The van der Waals surface area contributed by atoms with Crippen LogP contribution in [0.3, 0.4) is 0 Å². The third-order valence-electron chi connectivity index (χ3n) is 4.21. The van der Waals surface area contributed by atoms with Gasteiger partial charge in [0.25, 0.3) is 0 Å². The second-order valence-corrected chi connectivity index (χ2v) is 5.59. The fourth-order valence-electron chi connectivity index (χ4n) is 2.92. The van der Waals surface area contributed by atoms with Gasteiger partial charge >= 0.3 is 5.97 Å².